The van der Waals surface area contributed by atoms with Crippen molar-refractivity contribution in [1.29, 1.82) is 0 Å². The second-order valence-corrected chi connectivity index (χ2v) is 9.34. The van der Waals surface area contributed by atoms with Gasteiger partial charge in [0.25, 0.3) is 0 Å². The summed E-state index contributed by atoms with van der Waals surface area (Å²) in [5, 5.41) is 43.3. The molecule has 0 amide bonds. The number of aromatic nitrogens is 8. The Kier molecular flexibility index (Phi) is 7.38. The molecule has 6 heterocycles. The molecule has 40 heavy (non-hydrogen) atoms. The molecule has 18 nitrogen and oxygen atoms in total. The summed E-state index contributed by atoms with van der Waals surface area (Å²) in [5.41, 5.74) is 7.51. The smallest absolute Gasteiger partial charge is 0.167 e. The first-order chi connectivity index (χ1) is 19.5. The lowest BCUT2D eigenvalue weighted by Crippen LogP contribution is -2.33. The minimum absolute atomic E-state index is 0.0872. The minimum Gasteiger partial charge on any atom is -0.394 e. The lowest BCUT2D eigenvalue weighted by atomic mass is 10.1. The van der Waals surface area contributed by atoms with Crippen molar-refractivity contribution < 1.29 is 39.7 Å². The number of nitrogen functional groups attached to an aromatic ring is 1. The molecule has 2 fully saturated rings. The highest BCUT2D eigenvalue weighted by Gasteiger charge is 2.44. The Labute approximate surface area is 225 Å². The van der Waals surface area contributed by atoms with Crippen LogP contribution in [0.25, 0.3) is 22.3 Å². The predicted molar refractivity (Wildman–Crippen MR) is 133 cm³/mol. The molecule has 2 saturated heterocycles. The number of hydrogen-bond acceptors (Lipinski definition) is 16. The van der Waals surface area contributed by atoms with Gasteiger partial charge in [-0.2, -0.15) is 0 Å². The molecule has 0 bridgehead atoms. The Bertz CT molecular complexity index is 1470. The van der Waals surface area contributed by atoms with E-state index < -0.39 is 49.6 Å². The van der Waals surface area contributed by atoms with Crippen LogP contribution in [0, 0.1) is 0 Å². The van der Waals surface area contributed by atoms with Crippen LogP contribution in [0.4, 0.5) is 11.6 Å². The van der Waals surface area contributed by atoms with Crippen molar-refractivity contribution >= 4 is 34.0 Å². The van der Waals surface area contributed by atoms with Crippen LogP contribution in [-0.2, 0) is 19.2 Å². The molecule has 0 spiro atoms. The Morgan fingerprint density at radius 3 is 2.40 bits per heavy atom. The number of aliphatic hydroxyl groups is 4. The maximum absolute atomic E-state index is 10.5. The molecule has 4 aromatic rings. The molecule has 7 atom stereocenters. The van der Waals surface area contributed by atoms with Crippen LogP contribution in [0.5, 0.6) is 0 Å². The molecular weight excluding hydrogens is 532 g/mol. The van der Waals surface area contributed by atoms with E-state index in [1.807, 2.05) is 0 Å². The van der Waals surface area contributed by atoms with E-state index in [-0.39, 0.29) is 19.0 Å². The van der Waals surface area contributed by atoms with E-state index in [0.717, 1.165) is 0 Å². The fourth-order valence-electron chi connectivity index (χ4n) is 4.82. The van der Waals surface area contributed by atoms with Gasteiger partial charge in [-0.05, 0) is 0 Å². The molecule has 6 rings (SSSR count). The summed E-state index contributed by atoms with van der Waals surface area (Å²) in [7, 11) is 0. The number of nitrogens with zero attached hydrogens (tertiary/aromatic N) is 8. The topological polar surface area (TPSA) is 243 Å². The zero-order valence-electron chi connectivity index (χ0n) is 21.0. The average Bonchev–Trinajstić information content (AvgIpc) is 3.72. The molecule has 4 aromatic heterocycles. The maximum atomic E-state index is 10.5. The summed E-state index contributed by atoms with van der Waals surface area (Å²) >= 11 is 0. The number of anilines is 2. The van der Waals surface area contributed by atoms with Crippen molar-refractivity contribution in [3.8, 4) is 0 Å². The zero-order valence-corrected chi connectivity index (χ0v) is 21.0. The van der Waals surface area contributed by atoms with Crippen LogP contribution in [0.3, 0.4) is 0 Å². The van der Waals surface area contributed by atoms with Gasteiger partial charge in [-0.1, -0.05) is 0 Å². The fourth-order valence-corrected chi connectivity index (χ4v) is 4.82. The van der Waals surface area contributed by atoms with Crippen molar-refractivity contribution in [2.45, 2.75) is 49.4 Å². The summed E-state index contributed by atoms with van der Waals surface area (Å²) < 4.78 is 14.6. The molecule has 0 radical (unpaired) electrons. The number of nitrogens with one attached hydrogen (secondary N) is 1. The molecule has 7 N–H and O–H groups in total. The monoisotopic (exact) mass is 560 g/mol. The molecule has 214 valence electrons. The van der Waals surface area contributed by atoms with Gasteiger partial charge >= 0.3 is 0 Å². The zero-order chi connectivity index (χ0) is 27.8. The summed E-state index contributed by atoms with van der Waals surface area (Å²) in [6, 6.07) is 0. The summed E-state index contributed by atoms with van der Waals surface area (Å²) in [6.45, 7) is 0.115. The molecular formula is C22H28N10O8. The van der Waals surface area contributed by atoms with E-state index in [1.54, 1.807) is 4.57 Å². The lowest BCUT2D eigenvalue weighted by Gasteiger charge is -2.17. The van der Waals surface area contributed by atoms with Crippen LogP contribution < -0.4 is 11.1 Å². The van der Waals surface area contributed by atoms with Gasteiger partial charge in [-0.3, -0.25) is 9.13 Å². The van der Waals surface area contributed by atoms with Gasteiger partial charge in [-0.15, -0.1) is 0 Å². The van der Waals surface area contributed by atoms with Crippen LogP contribution in [0.2, 0.25) is 0 Å². The number of aliphatic hydroxyl groups excluding tert-OH is 4. The van der Waals surface area contributed by atoms with Crippen molar-refractivity contribution in [2.24, 2.45) is 0 Å². The third-order valence-electron chi connectivity index (χ3n) is 6.79. The van der Waals surface area contributed by atoms with E-state index in [4.69, 9.17) is 25.0 Å². The number of nitrogens with two attached hydrogens (primary N) is 1. The van der Waals surface area contributed by atoms with E-state index in [2.05, 4.69) is 35.2 Å². The second kappa shape index (κ2) is 11.1. The van der Waals surface area contributed by atoms with E-state index >= 15 is 0 Å². The van der Waals surface area contributed by atoms with Gasteiger partial charge in [0.2, 0.25) is 0 Å². The largest absolute Gasteiger partial charge is 0.394 e. The SMILES string of the molecule is Nc1ncnc2c1ncn2[C@@H]1O[C@H](COOCCNc2ncnc3c2ncn3[C@@H]2O[C@H](CO)[C@@H](O)[C@H]2O)C[C@H]1O. The normalized spacial score (nSPS) is 28.6. The molecule has 0 saturated carbocycles. The average molecular weight is 561 g/mol. The number of imidazole rings is 2. The van der Waals surface area contributed by atoms with Crippen LogP contribution in [0.1, 0.15) is 18.9 Å². The molecule has 0 unspecified atom stereocenters. The first-order valence-corrected chi connectivity index (χ1v) is 12.5. The Hall–Kier alpha value is -3.62. The number of ether oxygens (including phenoxy) is 2. The van der Waals surface area contributed by atoms with Crippen molar-refractivity contribution in [1.82, 2.24) is 39.0 Å². The predicted octanol–water partition coefficient (Wildman–Crippen LogP) is -2.13. The first-order valence-electron chi connectivity index (χ1n) is 12.5. The molecule has 2 aliphatic heterocycles. The summed E-state index contributed by atoms with van der Waals surface area (Å²) in [5.74, 6) is 0.660. The van der Waals surface area contributed by atoms with Crippen molar-refractivity contribution in [2.75, 3.05) is 37.4 Å². The van der Waals surface area contributed by atoms with Crippen molar-refractivity contribution in [3.05, 3.63) is 25.3 Å². The van der Waals surface area contributed by atoms with E-state index in [0.29, 0.717) is 41.1 Å². The first kappa shape index (κ1) is 26.6. The van der Waals surface area contributed by atoms with E-state index in [1.165, 1.54) is 29.9 Å². The standard InChI is InChI=1S/C22H28N10O8/c23-17-13-19(27-6-25-17)31(8-29-13)21-11(34)3-10(39-21)5-38-37-2-1-24-18-14-20(28-7-26-18)32(9-30-14)22-16(36)15(35)12(4-33)40-22/h6-12,15-16,21-22,33-36H,1-5H2,(H2,23,25,27)(H,24,26,28)/t10-,11+,12+,15+,16+,21+,22+/m0/s1. The summed E-state index contributed by atoms with van der Waals surface area (Å²) in [4.78, 5) is 35.6. The molecule has 0 aliphatic carbocycles. The van der Waals surface area contributed by atoms with Crippen LogP contribution >= 0.6 is 0 Å². The maximum Gasteiger partial charge on any atom is 0.167 e. The van der Waals surface area contributed by atoms with Gasteiger partial charge in [0, 0.05) is 13.0 Å². The fraction of sp³-hybridized carbons (Fsp3) is 0.545. The third-order valence-corrected chi connectivity index (χ3v) is 6.79. The Morgan fingerprint density at radius 2 is 1.62 bits per heavy atom. The van der Waals surface area contributed by atoms with Gasteiger partial charge in [0.15, 0.2) is 40.9 Å². The second-order valence-electron chi connectivity index (χ2n) is 9.34. The highest BCUT2D eigenvalue weighted by atomic mass is 17.2. The number of hydrogen-bond donors (Lipinski definition) is 6. The van der Waals surface area contributed by atoms with Gasteiger partial charge in [0.05, 0.1) is 32.0 Å². The van der Waals surface area contributed by atoms with Crippen LogP contribution in [0.15, 0.2) is 25.3 Å². The Balaban J connectivity index is 0.985. The number of rotatable bonds is 10. The van der Waals surface area contributed by atoms with Crippen molar-refractivity contribution in [3.63, 3.8) is 0 Å². The Morgan fingerprint density at radius 1 is 0.900 bits per heavy atom. The van der Waals surface area contributed by atoms with E-state index in [9.17, 15) is 20.4 Å². The van der Waals surface area contributed by atoms with Gasteiger partial charge in [0.1, 0.15) is 49.2 Å². The van der Waals surface area contributed by atoms with Gasteiger partial charge in [-0.25, -0.2) is 39.7 Å². The lowest BCUT2D eigenvalue weighted by molar-refractivity contribution is -0.304. The molecule has 18 heteroatoms. The quantitative estimate of drug-likeness (QED) is 0.0689. The minimum atomic E-state index is -1.27. The summed E-state index contributed by atoms with van der Waals surface area (Å²) in [6.07, 6.45) is -0.440. The highest BCUT2D eigenvalue weighted by molar-refractivity contribution is 5.83. The molecule has 2 aliphatic rings. The highest BCUT2D eigenvalue weighted by Crippen LogP contribution is 2.33. The number of fused-ring (bicyclic) bond motifs is 2. The van der Waals surface area contributed by atoms with Gasteiger partial charge < -0.3 is 41.0 Å². The molecule has 0 aromatic carbocycles. The van der Waals surface area contributed by atoms with Crippen LogP contribution in [-0.4, -0.2) is 116 Å². The third kappa shape index (κ3) is 4.80.